The van der Waals surface area contributed by atoms with Gasteiger partial charge in [0, 0.05) is 26.2 Å². The average molecular weight is 257 g/mol. The number of carboxylic acid groups (broad SMARTS) is 1. The van der Waals surface area contributed by atoms with Gasteiger partial charge in [0.1, 0.15) is 5.54 Å². The number of piperazine rings is 1. The van der Waals surface area contributed by atoms with Crippen molar-refractivity contribution < 1.29 is 14.7 Å². The molecule has 2 N–H and O–H groups in total. The number of carbonyl (C=O) groups excluding carboxylic acids is 1. The summed E-state index contributed by atoms with van der Waals surface area (Å²) in [5.74, 6) is -0.963. The largest absolute Gasteiger partial charge is 0.480 e. The van der Waals surface area contributed by atoms with Gasteiger partial charge in [-0.15, -0.1) is 0 Å². The van der Waals surface area contributed by atoms with Gasteiger partial charge in [0.25, 0.3) is 0 Å². The van der Waals surface area contributed by atoms with Crippen molar-refractivity contribution in [3.63, 3.8) is 0 Å². The topological polar surface area (TPSA) is 72.9 Å². The number of nitrogens with one attached hydrogen (secondary N) is 1. The van der Waals surface area contributed by atoms with Gasteiger partial charge in [-0.05, 0) is 19.9 Å². The Balaban J connectivity index is 2.64. The highest BCUT2D eigenvalue weighted by Gasteiger charge is 2.37. The summed E-state index contributed by atoms with van der Waals surface area (Å²) in [6.07, 6.45) is 0.774. The van der Waals surface area contributed by atoms with Crippen molar-refractivity contribution in [2.75, 3.05) is 33.2 Å². The minimum Gasteiger partial charge on any atom is -0.480 e. The van der Waals surface area contributed by atoms with E-state index in [4.69, 9.17) is 0 Å². The van der Waals surface area contributed by atoms with Gasteiger partial charge in [-0.2, -0.15) is 0 Å². The van der Waals surface area contributed by atoms with Gasteiger partial charge in [0.05, 0.1) is 0 Å². The molecule has 0 aliphatic carbocycles. The molecule has 6 heteroatoms. The fourth-order valence-corrected chi connectivity index (χ4v) is 2.08. The minimum absolute atomic E-state index is 0.269. The third-order valence-electron chi connectivity index (χ3n) is 3.75. The standard InChI is InChI=1S/C12H23N3O3/c1-4-12(5-2,10(16)17)13-11(18)15-8-6-14(3)7-9-15/h4-9H2,1-3H3,(H,13,18)(H,16,17). The molecular formula is C12H23N3O3. The van der Waals surface area contributed by atoms with Crippen LogP contribution in [0.25, 0.3) is 0 Å². The number of rotatable bonds is 4. The Morgan fingerprint density at radius 1 is 1.17 bits per heavy atom. The molecule has 1 fully saturated rings. The van der Waals surface area contributed by atoms with E-state index in [1.165, 1.54) is 0 Å². The van der Waals surface area contributed by atoms with Gasteiger partial charge < -0.3 is 20.2 Å². The Morgan fingerprint density at radius 2 is 1.67 bits per heavy atom. The average Bonchev–Trinajstić information content (AvgIpc) is 2.36. The lowest BCUT2D eigenvalue weighted by atomic mass is 9.93. The van der Waals surface area contributed by atoms with Crippen LogP contribution >= 0.6 is 0 Å². The monoisotopic (exact) mass is 257 g/mol. The quantitative estimate of drug-likeness (QED) is 0.773. The molecule has 0 aromatic rings. The van der Waals surface area contributed by atoms with E-state index >= 15 is 0 Å². The van der Waals surface area contributed by atoms with Crippen LogP contribution in [0.3, 0.4) is 0 Å². The van der Waals surface area contributed by atoms with E-state index < -0.39 is 11.5 Å². The molecule has 2 amide bonds. The summed E-state index contributed by atoms with van der Waals surface area (Å²) in [4.78, 5) is 27.2. The zero-order valence-electron chi connectivity index (χ0n) is 11.4. The van der Waals surface area contributed by atoms with Gasteiger partial charge in [0.2, 0.25) is 0 Å². The normalized spacial score (nSPS) is 17.6. The molecular weight excluding hydrogens is 234 g/mol. The summed E-state index contributed by atoms with van der Waals surface area (Å²) in [6.45, 7) is 6.50. The predicted octanol–water partition coefficient (Wildman–Crippen LogP) is 0.587. The van der Waals surface area contributed by atoms with Crippen LogP contribution in [-0.4, -0.2) is 65.7 Å². The number of likely N-dealkylation sites (N-methyl/N-ethyl adjacent to an activating group) is 1. The molecule has 0 saturated carbocycles. The second-order valence-corrected chi connectivity index (χ2v) is 4.81. The maximum Gasteiger partial charge on any atom is 0.329 e. The highest BCUT2D eigenvalue weighted by molar-refractivity contribution is 5.86. The van der Waals surface area contributed by atoms with Crippen molar-refractivity contribution in [3.05, 3.63) is 0 Å². The smallest absolute Gasteiger partial charge is 0.329 e. The van der Waals surface area contributed by atoms with Crippen LogP contribution < -0.4 is 5.32 Å². The number of carbonyl (C=O) groups is 2. The fourth-order valence-electron chi connectivity index (χ4n) is 2.08. The Labute approximate surface area is 108 Å². The molecule has 1 heterocycles. The Bertz CT molecular complexity index is 308. The molecule has 104 valence electrons. The SMILES string of the molecule is CCC(CC)(NC(=O)N1CCN(C)CC1)C(=O)O. The highest BCUT2D eigenvalue weighted by atomic mass is 16.4. The van der Waals surface area contributed by atoms with E-state index in [0.29, 0.717) is 25.9 Å². The Hall–Kier alpha value is -1.30. The van der Waals surface area contributed by atoms with Crippen molar-refractivity contribution >= 4 is 12.0 Å². The molecule has 1 saturated heterocycles. The van der Waals surface area contributed by atoms with Crippen molar-refractivity contribution in [1.82, 2.24) is 15.1 Å². The van der Waals surface area contributed by atoms with E-state index in [0.717, 1.165) is 13.1 Å². The first-order valence-corrected chi connectivity index (χ1v) is 6.44. The van der Waals surface area contributed by atoms with E-state index in [-0.39, 0.29) is 6.03 Å². The molecule has 0 spiro atoms. The Morgan fingerprint density at radius 3 is 2.06 bits per heavy atom. The van der Waals surface area contributed by atoms with E-state index in [1.807, 2.05) is 7.05 Å². The van der Waals surface area contributed by atoms with Crippen molar-refractivity contribution in [3.8, 4) is 0 Å². The summed E-state index contributed by atoms with van der Waals surface area (Å²) >= 11 is 0. The lowest BCUT2D eigenvalue weighted by molar-refractivity contribution is -0.144. The van der Waals surface area contributed by atoms with E-state index in [2.05, 4.69) is 10.2 Å². The van der Waals surface area contributed by atoms with E-state index in [1.54, 1.807) is 18.7 Å². The fraction of sp³-hybridized carbons (Fsp3) is 0.833. The lowest BCUT2D eigenvalue weighted by Crippen LogP contribution is -2.59. The second kappa shape index (κ2) is 6.04. The maximum absolute atomic E-state index is 12.1. The summed E-state index contributed by atoms with van der Waals surface area (Å²) in [5.41, 5.74) is -1.14. The van der Waals surface area contributed by atoms with Gasteiger partial charge >= 0.3 is 12.0 Å². The van der Waals surface area contributed by atoms with Crippen LogP contribution in [0, 0.1) is 0 Å². The second-order valence-electron chi connectivity index (χ2n) is 4.81. The first-order chi connectivity index (χ1) is 8.45. The number of aliphatic carboxylic acids is 1. The molecule has 18 heavy (non-hydrogen) atoms. The molecule has 0 aromatic carbocycles. The first kappa shape index (κ1) is 14.8. The molecule has 0 atom stereocenters. The molecule has 1 aliphatic heterocycles. The predicted molar refractivity (Wildman–Crippen MR) is 68.6 cm³/mol. The summed E-state index contributed by atoms with van der Waals surface area (Å²) in [5, 5.41) is 12.0. The van der Waals surface area contributed by atoms with Crippen LogP contribution in [-0.2, 0) is 4.79 Å². The van der Waals surface area contributed by atoms with Crippen LogP contribution in [0.1, 0.15) is 26.7 Å². The van der Waals surface area contributed by atoms with Crippen molar-refractivity contribution in [2.24, 2.45) is 0 Å². The van der Waals surface area contributed by atoms with Gasteiger partial charge in [-0.25, -0.2) is 9.59 Å². The third kappa shape index (κ3) is 3.13. The van der Waals surface area contributed by atoms with Crippen LogP contribution in [0.4, 0.5) is 4.79 Å². The molecule has 0 aromatic heterocycles. The molecule has 0 radical (unpaired) electrons. The number of amides is 2. The minimum atomic E-state index is -1.14. The van der Waals surface area contributed by atoms with Crippen LogP contribution in [0.5, 0.6) is 0 Å². The van der Waals surface area contributed by atoms with Gasteiger partial charge in [0.15, 0.2) is 0 Å². The summed E-state index contributed by atoms with van der Waals surface area (Å²) < 4.78 is 0. The lowest BCUT2D eigenvalue weighted by Gasteiger charge is -2.36. The Kier molecular flexibility index (Phi) is 4.95. The zero-order chi connectivity index (χ0) is 13.8. The first-order valence-electron chi connectivity index (χ1n) is 6.44. The number of carboxylic acids is 1. The number of urea groups is 1. The number of hydrogen-bond acceptors (Lipinski definition) is 3. The third-order valence-corrected chi connectivity index (χ3v) is 3.75. The summed E-state index contributed by atoms with van der Waals surface area (Å²) in [7, 11) is 2.01. The number of hydrogen-bond donors (Lipinski definition) is 2. The molecule has 0 bridgehead atoms. The van der Waals surface area contributed by atoms with Crippen molar-refractivity contribution in [1.29, 1.82) is 0 Å². The van der Waals surface area contributed by atoms with Gasteiger partial charge in [-0.3, -0.25) is 0 Å². The molecule has 0 unspecified atom stereocenters. The van der Waals surface area contributed by atoms with Crippen LogP contribution in [0.15, 0.2) is 0 Å². The summed E-state index contributed by atoms with van der Waals surface area (Å²) in [6, 6.07) is -0.269. The van der Waals surface area contributed by atoms with Crippen LogP contribution in [0.2, 0.25) is 0 Å². The molecule has 6 nitrogen and oxygen atoms in total. The number of nitrogens with zero attached hydrogens (tertiary/aromatic N) is 2. The highest BCUT2D eigenvalue weighted by Crippen LogP contribution is 2.16. The molecule has 1 rings (SSSR count). The zero-order valence-corrected chi connectivity index (χ0v) is 11.4. The van der Waals surface area contributed by atoms with Crippen molar-refractivity contribution in [2.45, 2.75) is 32.2 Å². The maximum atomic E-state index is 12.1. The van der Waals surface area contributed by atoms with E-state index in [9.17, 15) is 14.7 Å². The van der Waals surface area contributed by atoms with Gasteiger partial charge in [-0.1, -0.05) is 13.8 Å². The molecule has 1 aliphatic rings.